The predicted molar refractivity (Wildman–Crippen MR) is 73.1 cm³/mol. The first kappa shape index (κ1) is 12.9. The van der Waals surface area contributed by atoms with Gasteiger partial charge in [-0.1, -0.05) is 30.7 Å². The zero-order valence-electron chi connectivity index (χ0n) is 10.2. The van der Waals surface area contributed by atoms with Crippen LogP contribution in [0, 0.1) is 0 Å². The van der Waals surface area contributed by atoms with Crippen molar-refractivity contribution in [1.29, 1.82) is 0 Å². The first-order chi connectivity index (χ1) is 8.36. The van der Waals surface area contributed by atoms with Gasteiger partial charge in [0.05, 0.1) is 0 Å². The largest absolute Gasteiger partial charge is 0.271 e. The minimum atomic E-state index is 0.241. The highest BCUT2D eigenvalue weighted by Gasteiger charge is 2.24. The van der Waals surface area contributed by atoms with E-state index in [1.807, 2.05) is 0 Å². The number of hydrazine groups is 1. The van der Waals surface area contributed by atoms with Gasteiger partial charge in [0.15, 0.2) is 0 Å². The second kappa shape index (κ2) is 6.39. The quantitative estimate of drug-likeness (QED) is 0.462. The molecule has 0 amide bonds. The fourth-order valence-corrected chi connectivity index (χ4v) is 2.68. The van der Waals surface area contributed by atoms with Gasteiger partial charge in [0, 0.05) is 11.9 Å². The lowest BCUT2D eigenvalue weighted by Crippen LogP contribution is -2.29. The Morgan fingerprint density at radius 2 is 2.12 bits per heavy atom. The summed E-state index contributed by atoms with van der Waals surface area (Å²) in [7, 11) is 0. The third kappa shape index (κ3) is 3.01. The number of halogens is 1. The van der Waals surface area contributed by atoms with E-state index in [0.29, 0.717) is 5.88 Å². The van der Waals surface area contributed by atoms with Crippen molar-refractivity contribution in [1.82, 2.24) is 5.43 Å². The molecule has 1 atom stereocenters. The zero-order valence-corrected chi connectivity index (χ0v) is 10.9. The molecule has 2 rings (SSSR count). The highest BCUT2D eigenvalue weighted by molar-refractivity contribution is 6.17. The molecule has 0 aromatic heterocycles. The summed E-state index contributed by atoms with van der Waals surface area (Å²) in [5.41, 5.74) is 5.79. The Kier molecular flexibility index (Phi) is 4.84. The van der Waals surface area contributed by atoms with E-state index < -0.39 is 0 Å². The maximum Gasteiger partial charge on any atom is 0.0463 e. The standard InChI is InChI=1S/C14H21ClN2/c15-10-4-9-14(17-16)13-8-2-1-7-12(13)11-5-3-6-11/h1-2,7-8,11,14,17H,3-6,9-10,16H2. The molecule has 94 valence electrons. The molecule has 1 aromatic rings. The van der Waals surface area contributed by atoms with Gasteiger partial charge in [-0.2, -0.15) is 0 Å². The van der Waals surface area contributed by atoms with Crippen molar-refractivity contribution in [3.05, 3.63) is 35.4 Å². The molecule has 1 saturated carbocycles. The molecule has 1 fully saturated rings. The SMILES string of the molecule is NNC(CCCCl)c1ccccc1C1CCC1. The summed E-state index contributed by atoms with van der Waals surface area (Å²) in [5.74, 6) is 7.13. The molecule has 17 heavy (non-hydrogen) atoms. The molecule has 1 aliphatic rings. The number of alkyl halides is 1. The molecule has 1 aromatic carbocycles. The van der Waals surface area contributed by atoms with Crippen LogP contribution in [0.3, 0.4) is 0 Å². The van der Waals surface area contributed by atoms with Crippen molar-refractivity contribution < 1.29 is 0 Å². The first-order valence-corrected chi connectivity index (χ1v) is 7.01. The van der Waals surface area contributed by atoms with Crippen LogP contribution in [0.2, 0.25) is 0 Å². The minimum Gasteiger partial charge on any atom is -0.271 e. The second-order valence-corrected chi connectivity index (χ2v) is 5.19. The van der Waals surface area contributed by atoms with Crippen LogP contribution >= 0.6 is 11.6 Å². The number of benzene rings is 1. The van der Waals surface area contributed by atoms with Gasteiger partial charge in [0.1, 0.15) is 0 Å². The zero-order chi connectivity index (χ0) is 12.1. The number of hydrogen-bond donors (Lipinski definition) is 2. The van der Waals surface area contributed by atoms with E-state index in [0.717, 1.165) is 18.8 Å². The topological polar surface area (TPSA) is 38.0 Å². The molecule has 0 saturated heterocycles. The molecular weight excluding hydrogens is 232 g/mol. The normalized spacial score (nSPS) is 17.8. The molecule has 2 nitrogen and oxygen atoms in total. The van der Waals surface area contributed by atoms with Crippen molar-refractivity contribution in [3.8, 4) is 0 Å². The fraction of sp³-hybridized carbons (Fsp3) is 0.571. The summed E-state index contributed by atoms with van der Waals surface area (Å²) in [5, 5.41) is 0. The van der Waals surface area contributed by atoms with Gasteiger partial charge in [0.25, 0.3) is 0 Å². The van der Waals surface area contributed by atoms with Crippen LogP contribution in [0.5, 0.6) is 0 Å². The smallest absolute Gasteiger partial charge is 0.0463 e. The fourth-order valence-electron chi connectivity index (χ4n) is 2.53. The van der Waals surface area contributed by atoms with Gasteiger partial charge in [-0.25, -0.2) is 0 Å². The monoisotopic (exact) mass is 252 g/mol. The lowest BCUT2D eigenvalue weighted by atomic mass is 9.77. The van der Waals surface area contributed by atoms with Crippen molar-refractivity contribution in [2.24, 2.45) is 5.84 Å². The molecule has 0 bridgehead atoms. The van der Waals surface area contributed by atoms with Crippen LogP contribution in [-0.2, 0) is 0 Å². The lowest BCUT2D eigenvalue weighted by Gasteiger charge is -2.30. The van der Waals surface area contributed by atoms with Crippen LogP contribution in [0.25, 0.3) is 0 Å². The van der Waals surface area contributed by atoms with E-state index in [1.165, 1.54) is 30.4 Å². The van der Waals surface area contributed by atoms with E-state index in [9.17, 15) is 0 Å². The first-order valence-electron chi connectivity index (χ1n) is 6.47. The Labute approximate surface area is 109 Å². The van der Waals surface area contributed by atoms with Gasteiger partial charge < -0.3 is 0 Å². The van der Waals surface area contributed by atoms with Crippen LogP contribution < -0.4 is 11.3 Å². The van der Waals surface area contributed by atoms with Crippen LogP contribution in [-0.4, -0.2) is 5.88 Å². The molecule has 3 N–H and O–H groups in total. The Balaban J connectivity index is 2.16. The molecule has 0 radical (unpaired) electrons. The maximum atomic E-state index is 5.76. The predicted octanol–water partition coefficient (Wildman–Crippen LogP) is 3.48. The summed E-state index contributed by atoms with van der Waals surface area (Å²) < 4.78 is 0. The Morgan fingerprint density at radius 1 is 1.35 bits per heavy atom. The van der Waals surface area contributed by atoms with Crippen molar-refractivity contribution in [2.75, 3.05) is 5.88 Å². The van der Waals surface area contributed by atoms with E-state index in [2.05, 4.69) is 29.7 Å². The van der Waals surface area contributed by atoms with Gasteiger partial charge in [0.2, 0.25) is 0 Å². The van der Waals surface area contributed by atoms with Gasteiger partial charge in [-0.3, -0.25) is 11.3 Å². The minimum absolute atomic E-state index is 0.241. The number of nitrogens with two attached hydrogens (primary N) is 1. The summed E-state index contributed by atoms with van der Waals surface area (Å²) in [6.45, 7) is 0. The summed E-state index contributed by atoms with van der Waals surface area (Å²) in [6.07, 6.45) is 6.01. The lowest BCUT2D eigenvalue weighted by molar-refractivity contribution is 0.409. The number of hydrogen-bond acceptors (Lipinski definition) is 2. The highest BCUT2D eigenvalue weighted by atomic mass is 35.5. The van der Waals surface area contributed by atoms with Crippen molar-refractivity contribution in [2.45, 2.75) is 44.1 Å². The van der Waals surface area contributed by atoms with E-state index in [-0.39, 0.29) is 6.04 Å². The number of rotatable bonds is 6. The highest BCUT2D eigenvalue weighted by Crippen LogP contribution is 2.39. The average molecular weight is 253 g/mol. The third-order valence-corrected chi connectivity index (χ3v) is 4.01. The van der Waals surface area contributed by atoms with Gasteiger partial charge in [-0.05, 0) is 42.7 Å². The van der Waals surface area contributed by atoms with Crippen molar-refractivity contribution in [3.63, 3.8) is 0 Å². The van der Waals surface area contributed by atoms with Gasteiger partial charge in [-0.15, -0.1) is 11.6 Å². The van der Waals surface area contributed by atoms with Crippen LogP contribution in [0.1, 0.15) is 55.2 Å². The Hall–Kier alpha value is -0.570. The molecule has 3 heteroatoms. The average Bonchev–Trinajstić information content (AvgIpc) is 2.30. The third-order valence-electron chi connectivity index (χ3n) is 3.74. The Bertz CT molecular complexity index is 350. The molecule has 0 spiro atoms. The van der Waals surface area contributed by atoms with Crippen LogP contribution in [0.15, 0.2) is 24.3 Å². The molecule has 0 heterocycles. The van der Waals surface area contributed by atoms with E-state index >= 15 is 0 Å². The van der Waals surface area contributed by atoms with Gasteiger partial charge >= 0.3 is 0 Å². The van der Waals surface area contributed by atoms with E-state index in [1.54, 1.807) is 0 Å². The molecule has 1 unspecified atom stereocenters. The summed E-state index contributed by atoms with van der Waals surface area (Å²) in [6, 6.07) is 8.93. The number of nitrogens with one attached hydrogen (secondary N) is 1. The van der Waals surface area contributed by atoms with Crippen molar-refractivity contribution >= 4 is 11.6 Å². The molecular formula is C14H21ClN2. The maximum absolute atomic E-state index is 5.76. The molecule has 1 aliphatic carbocycles. The second-order valence-electron chi connectivity index (χ2n) is 4.81. The Morgan fingerprint density at radius 3 is 2.71 bits per heavy atom. The molecule has 0 aliphatic heterocycles. The summed E-state index contributed by atoms with van der Waals surface area (Å²) >= 11 is 5.76. The summed E-state index contributed by atoms with van der Waals surface area (Å²) in [4.78, 5) is 0. The van der Waals surface area contributed by atoms with Crippen LogP contribution in [0.4, 0.5) is 0 Å². The van der Waals surface area contributed by atoms with E-state index in [4.69, 9.17) is 17.4 Å².